The zero-order valence-electron chi connectivity index (χ0n) is 10.5. The Balaban J connectivity index is 2.45. The fourth-order valence-corrected chi connectivity index (χ4v) is 4.02. The molecule has 0 bridgehead atoms. The maximum absolute atomic E-state index is 6.53. The number of halogens is 2. The van der Waals surface area contributed by atoms with Crippen LogP contribution in [0.4, 0.5) is 0 Å². The molecule has 3 aromatic rings. The van der Waals surface area contributed by atoms with E-state index in [1.165, 1.54) is 11.3 Å². The molecule has 0 fully saturated rings. The van der Waals surface area contributed by atoms with E-state index >= 15 is 0 Å². The Morgan fingerprint density at radius 3 is 2.90 bits per heavy atom. The van der Waals surface area contributed by atoms with Crippen molar-refractivity contribution in [2.24, 2.45) is 0 Å². The van der Waals surface area contributed by atoms with Crippen LogP contribution in [-0.2, 0) is 0 Å². The monoisotopic (exact) mass is 321 g/mol. The number of furan rings is 1. The molecule has 0 saturated heterocycles. The third-order valence-corrected chi connectivity index (χ3v) is 4.64. The molecule has 2 nitrogen and oxygen atoms in total. The highest BCUT2D eigenvalue weighted by Gasteiger charge is 2.19. The number of alkyl halides is 1. The third kappa shape index (κ3) is 1.81. The van der Waals surface area contributed by atoms with Gasteiger partial charge in [-0.2, -0.15) is 0 Å². The van der Waals surface area contributed by atoms with Gasteiger partial charge in [0.25, 0.3) is 0 Å². The van der Waals surface area contributed by atoms with Gasteiger partial charge in [-0.1, -0.05) is 29.8 Å². The summed E-state index contributed by atoms with van der Waals surface area (Å²) in [7, 11) is 0. The van der Waals surface area contributed by atoms with Gasteiger partial charge in [0, 0.05) is 5.39 Å². The molecule has 0 saturated carbocycles. The van der Waals surface area contributed by atoms with Crippen LogP contribution in [0, 0.1) is 10.6 Å². The number of aromatic nitrogens is 1. The molecule has 100 valence electrons. The van der Waals surface area contributed by atoms with E-state index in [9.17, 15) is 0 Å². The molecule has 2 aromatic heterocycles. The lowest BCUT2D eigenvalue weighted by atomic mass is 10.1. The van der Waals surface area contributed by atoms with Crippen LogP contribution in [0.2, 0.25) is 4.47 Å². The maximum Gasteiger partial charge on any atom is 0.184 e. The Kier molecular flexibility index (Phi) is 2.56. The van der Waals surface area contributed by atoms with Crippen LogP contribution >= 0.6 is 34.5 Å². The topological polar surface area (TPSA) is 26.0 Å². The molecule has 1 aliphatic rings. The van der Waals surface area contributed by atoms with Crippen molar-refractivity contribution in [3.8, 4) is 0 Å². The molecule has 0 N–H and O–H groups in total. The number of hydrogen-bond acceptors (Lipinski definition) is 3. The minimum absolute atomic E-state index is 0.511. The van der Waals surface area contributed by atoms with Crippen LogP contribution in [0.3, 0.4) is 0 Å². The quantitative estimate of drug-likeness (QED) is 0.593. The van der Waals surface area contributed by atoms with Gasteiger partial charge in [-0.25, -0.2) is 4.98 Å². The summed E-state index contributed by atoms with van der Waals surface area (Å²) < 4.78 is 7.43. The number of benzene rings is 1. The zero-order valence-corrected chi connectivity index (χ0v) is 12.8. The van der Waals surface area contributed by atoms with E-state index in [1.54, 1.807) is 0 Å². The van der Waals surface area contributed by atoms with E-state index in [2.05, 4.69) is 4.98 Å². The van der Waals surface area contributed by atoms with Crippen LogP contribution in [0.5, 0.6) is 0 Å². The van der Waals surface area contributed by atoms with Gasteiger partial charge in [0.2, 0.25) is 0 Å². The molecular formula is C15H9Cl2NOS. The first-order valence-electron chi connectivity index (χ1n) is 6.12. The first-order valence-corrected chi connectivity index (χ1v) is 7.70. The molecule has 1 aliphatic carbocycles. The summed E-state index contributed by atoms with van der Waals surface area (Å²) in [4.78, 5) is 3.83. The predicted molar refractivity (Wildman–Crippen MR) is 83.4 cm³/mol. The molecule has 0 aliphatic heterocycles. The highest BCUT2D eigenvalue weighted by Crippen LogP contribution is 2.23. The lowest BCUT2D eigenvalue weighted by Crippen LogP contribution is -2.14. The van der Waals surface area contributed by atoms with Crippen molar-refractivity contribution >= 4 is 57.7 Å². The average molecular weight is 322 g/mol. The number of thiazole rings is 1. The van der Waals surface area contributed by atoms with Gasteiger partial charge in [-0.3, -0.25) is 0 Å². The first kappa shape index (κ1) is 12.5. The molecule has 0 spiro atoms. The highest BCUT2D eigenvalue weighted by molar-refractivity contribution is 7.13. The SMILES string of the molecule is CC1(Cl)C=c2oc3ccccc3c2=c2nc(Cl)sc2=C1. The van der Waals surface area contributed by atoms with Crippen molar-refractivity contribution in [3.63, 3.8) is 0 Å². The number of nitrogens with zero attached hydrogens (tertiary/aromatic N) is 1. The van der Waals surface area contributed by atoms with E-state index in [0.717, 1.165) is 31.5 Å². The molecule has 4 rings (SSSR count). The van der Waals surface area contributed by atoms with E-state index in [4.69, 9.17) is 27.6 Å². The Hall–Kier alpha value is -1.29. The van der Waals surface area contributed by atoms with Crippen LogP contribution in [0.1, 0.15) is 6.92 Å². The number of hydrogen-bond donors (Lipinski definition) is 0. The molecule has 0 amide bonds. The second-order valence-electron chi connectivity index (χ2n) is 4.96. The lowest BCUT2D eigenvalue weighted by molar-refractivity contribution is 0.573. The Morgan fingerprint density at radius 1 is 1.25 bits per heavy atom. The number of rotatable bonds is 0. The summed E-state index contributed by atoms with van der Waals surface area (Å²) in [6, 6.07) is 7.91. The average Bonchev–Trinajstić information content (AvgIpc) is 2.85. The lowest BCUT2D eigenvalue weighted by Gasteiger charge is -2.08. The minimum atomic E-state index is -0.621. The minimum Gasteiger partial charge on any atom is -0.456 e. The van der Waals surface area contributed by atoms with Crippen LogP contribution in [-0.4, -0.2) is 9.86 Å². The molecule has 5 heteroatoms. The van der Waals surface area contributed by atoms with Gasteiger partial charge in [0.1, 0.15) is 11.0 Å². The van der Waals surface area contributed by atoms with Gasteiger partial charge in [0.05, 0.1) is 20.0 Å². The van der Waals surface area contributed by atoms with Gasteiger partial charge in [-0.05, 0) is 25.1 Å². The van der Waals surface area contributed by atoms with Crippen molar-refractivity contribution in [3.05, 3.63) is 49.2 Å². The molecule has 1 unspecified atom stereocenters. The first-order chi connectivity index (χ1) is 9.53. The summed E-state index contributed by atoms with van der Waals surface area (Å²) in [5.41, 5.74) is 1.58. The van der Waals surface area contributed by atoms with E-state index in [-0.39, 0.29) is 0 Å². The van der Waals surface area contributed by atoms with Crippen molar-refractivity contribution < 1.29 is 4.42 Å². The summed E-state index contributed by atoms with van der Waals surface area (Å²) in [6.07, 6.45) is 3.89. The fourth-order valence-electron chi connectivity index (χ4n) is 2.55. The summed E-state index contributed by atoms with van der Waals surface area (Å²) >= 11 is 14.1. The third-order valence-electron chi connectivity index (χ3n) is 3.31. The van der Waals surface area contributed by atoms with Crippen molar-refractivity contribution in [1.29, 1.82) is 0 Å². The summed E-state index contributed by atoms with van der Waals surface area (Å²) in [5, 5.41) is 2.85. The highest BCUT2D eigenvalue weighted by atomic mass is 35.5. The van der Waals surface area contributed by atoms with Crippen molar-refractivity contribution in [2.45, 2.75) is 11.8 Å². The van der Waals surface area contributed by atoms with Crippen molar-refractivity contribution in [2.75, 3.05) is 0 Å². The Labute approximate surface area is 128 Å². The Morgan fingerprint density at radius 2 is 2.05 bits per heavy atom. The Bertz CT molecular complexity index is 1050. The fraction of sp³-hybridized carbons (Fsp3) is 0.133. The summed E-state index contributed by atoms with van der Waals surface area (Å²) in [5.74, 6) is 0. The summed E-state index contributed by atoms with van der Waals surface area (Å²) in [6.45, 7) is 1.92. The zero-order chi connectivity index (χ0) is 13.9. The van der Waals surface area contributed by atoms with Crippen LogP contribution in [0.15, 0.2) is 28.7 Å². The van der Waals surface area contributed by atoms with Crippen LogP contribution in [0.25, 0.3) is 23.1 Å². The van der Waals surface area contributed by atoms with Gasteiger partial charge in [0.15, 0.2) is 4.47 Å². The molecule has 2 heterocycles. The van der Waals surface area contributed by atoms with Crippen LogP contribution < -0.4 is 9.95 Å². The smallest absolute Gasteiger partial charge is 0.184 e. The number of para-hydroxylation sites is 1. The molecule has 1 atom stereocenters. The predicted octanol–water partition coefficient (Wildman–Crippen LogP) is 3.40. The maximum atomic E-state index is 6.53. The molecule has 1 aromatic carbocycles. The second-order valence-corrected chi connectivity index (χ2v) is 7.38. The standard InChI is InChI=1S/C15H9Cl2NOS/c1-15(17)6-10-12(8-4-2-3-5-9(8)19-10)13-11(7-15)20-14(16)18-13/h2-7H,1H3. The van der Waals surface area contributed by atoms with E-state index in [1.807, 2.05) is 43.3 Å². The van der Waals surface area contributed by atoms with E-state index in [0.29, 0.717) is 4.47 Å². The number of fused-ring (bicyclic) bond motifs is 4. The normalized spacial score (nSPS) is 20.8. The largest absolute Gasteiger partial charge is 0.456 e. The van der Waals surface area contributed by atoms with Gasteiger partial charge in [-0.15, -0.1) is 22.9 Å². The van der Waals surface area contributed by atoms with Gasteiger partial charge < -0.3 is 4.42 Å². The second kappa shape index (κ2) is 4.10. The molecular weight excluding hydrogens is 313 g/mol. The molecule has 0 radical (unpaired) electrons. The molecule has 20 heavy (non-hydrogen) atoms. The van der Waals surface area contributed by atoms with Gasteiger partial charge >= 0.3 is 0 Å². The van der Waals surface area contributed by atoms with E-state index < -0.39 is 4.87 Å². The van der Waals surface area contributed by atoms with Crippen molar-refractivity contribution in [1.82, 2.24) is 4.98 Å².